The molecule has 0 aliphatic carbocycles. The van der Waals surface area contributed by atoms with Crippen LogP contribution in [0.5, 0.6) is 0 Å². The maximum absolute atomic E-state index is 10.6. The zero-order chi connectivity index (χ0) is 12.8. The van der Waals surface area contributed by atoms with Crippen molar-refractivity contribution < 1.29 is 9.53 Å². The maximum atomic E-state index is 10.6. The van der Waals surface area contributed by atoms with E-state index in [0.717, 1.165) is 25.7 Å². The molecule has 0 aromatic rings. The molecule has 0 radical (unpaired) electrons. The van der Waals surface area contributed by atoms with E-state index in [1.165, 1.54) is 6.92 Å². The van der Waals surface area contributed by atoms with Gasteiger partial charge in [0, 0.05) is 15.6 Å². The van der Waals surface area contributed by atoms with Gasteiger partial charge in [-0.25, -0.2) is 0 Å². The Hall–Kier alpha value is 0.430. The summed E-state index contributed by atoms with van der Waals surface area (Å²) in [6, 6.07) is 0. The van der Waals surface area contributed by atoms with Crippen molar-refractivity contribution in [2.45, 2.75) is 62.0 Å². The molecule has 0 aromatic heterocycles. The minimum Gasteiger partial charge on any atom is -0.466 e. The first-order chi connectivity index (χ1) is 7.12. The summed E-state index contributed by atoms with van der Waals surface area (Å²) >= 11 is 7.33. The highest BCUT2D eigenvalue weighted by molar-refractivity contribution is 9.10. The number of esters is 1. The zero-order valence-electron chi connectivity index (χ0n) is 10.6. The highest BCUT2D eigenvalue weighted by Crippen LogP contribution is 2.31. The molecule has 0 bridgehead atoms. The summed E-state index contributed by atoms with van der Waals surface area (Å²) in [6.45, 7) is 8.44. The van der Waals surface area contributed by atoms with Crippen LogP contribution in [0.4, 0.5) is 0 Å². The molecule has 0 aliphatic rings. The van der Waals surface area contributed by atoms with Gasteiger partial charge in [0.25, 0.3) is 0 Å². The molecule has 0 saturated heterocycles. The Balaban J connectivity index is 3.74. The van der Waals surface area contributed by atoms with Gasteiger partial charge in [0.05, 0.1) is 6.61 Å². The topological polar surface area (TPSA) is 26.3 Å². The zero-order valence-corrected chi connectivity index (χ0v) is 13.8. The van der Waals surface area contributed by atoms with Crippen LogP contribution < -0.4 is 0 Å². The first-order valence-corrected chi connectivity index (χ1v) is 7.22. The van der Waals surface area contributed by atoms with E-state index in [4.69, 9.17) is 4.74 Å². The summed E-state index contributed by atoms with van der Waals surface area (Å²) in [4.78, 5) is 10.6. The van der Waals surface area contributed by atoms with E-state index in [-0.39, 0.29) is 14.6 Å². The van der Waals surface area contributed by atoms with Gasteiger partial charge >= 0.3 is 5.97 Å². The molecule has 4 heteroatoms. The number of hydrogen-bond acceptors (Lipinski definition) is 2. The molecule has 16 heavy (non-hydrogen) atoms. The monoisotopic (exact) mass is 356 g/mol. The summed E-state index contributed by atoms with van der Waals surface area (Å²) in [5.41, 5.74) is 0. The SMILES string of the molecule is CC(=O)OCCC(C)(Br)CCCC(C)(C)Br. The van der Waals surface area contributed by atoms with Crippen LogP contribution >= 0.6 is 31.9 Å². The summed E-state index contributed by atoms with van der Waals surface area (Å²) in [5.74, 6) is -0.204. The van der Waals surface area contributed by atoms with Crippen molar-refractivity contribution in [2.75, 3.05) is 6.61 Å². The largest absolute Gasteiger partial charge is 0.466 e. The third kappa shape index (κ3) is 10.9. The molecule has 0 N–H and O–H groups in total. The Labute approximate surface area is 116 Å². The van der Waals surface area contributed by atoms with Crippen LogP contribution in [0.1, 0.15) is 53.4 Å². The molecule has 0 heterocycles. The Morgan fingerprint density at radius 2 is 1.69 bits per heavy atom. The molecule has 0 spiro atoms. The smallest absolute Gasteiger partial charge is 0.302 e. The molecule has 1 atom stereocenters. The minimum atomic E-state index is -0.204. The van der Waals surface area contributed by atoms with Crippen LogP contribution in [0.25, 0.3) is 0 Å². The van der Waals surface area contributed by atoms with Crippen molar-refractivity contribution in [1.82, 2.24) is 0 Å². The molecular formula is C12H22Br2O2. The number of alkyl halides is 2. The maximum Gasteiger partial charge on any atom is 0.302 e. The van der Waals surface area contributed by atoms with Gasteiger partial charge in [0.15, 0.2) is 0 Å². The normalized spacial score (nSPS) is 15.6. The fraction of sp³-hybridized carbons (Fsp3) is 0.917. The average Bonchev–Trinajstić information content (AvgIpc) is 1.99. The number of rotatable bonds is 7. The van der Waals surface area contributed by atoms with E-state index in [1.54, 1.807) is 0 Å². The minimum absolute atomic E-state index is 0.0701. The van der Waals surface area contributed by atoms with Crippen LogP contribution in [0.15, 0.2) is 0 Å². The second kappa shape index (κ2) is 7.00. The van der Waals surface area contributed by atoms with Crippen molar-refractivity contribution in [1.29, 1.82) is 0 Å². The average molecular weight is 358 g/mol. The van der Waals surface area contributed by atoms with Crippen LogP contribution in [-0.2, 0) is 9.53 Å². The molecular weight excluding hydrogens is 336 g/mol. The Morgan fingerprint density at radius 1 is 1.12 bits per heavy atom. The molecule has 0 amide bonds. The third-order valence-electron chi connectivity index (χ3n) is 2.40. The van der Waals surface area contributed by atoms with Crippen LogP contribution in [0.2, 0.25) is 0 Å². The van der Waals surface area contributed by atoms with Gasteiger partial charge in [0.2, 0.25) is 0 Å². The second-order valence-electron chi connectivity index (χ2n) is 5.08. The van der Waals surface area contributed by atoms with Crippen molar-refractivity contribution in [3.63, 3.8) is 0 Å². The van der Waals surface area contributed by atoms with E-state index < -0.39 is 0 Å². The first-order valence-electron chi connectivity index (χ1n) is 5.64. The summed E-state index contributed by atoms with van der Waals surface area (Å²) in [7, 11) is 0. The molecule has 0 saturated carbocycles. The molecule has 0 fully saturated rings. The predicted molar refractivity (Wildman–Crippen MR) is 75.4 cm³/mol. The van der Waals surface area contributed by atoms with Gasteiger partial charge in [-0.2, -0.15) is 0 Å². The van der Waals surface area contributed by atoms with E-state index >= 15 is 0 Å². The molecule has 0 aromatic carbocycles. The van der Waals surface area contributed by atoms with Gasteiger partial charge in [-0.3, -0.25) is 4.79 Å². The molecule has 0 aliphatic heterocycles. The number of hydrogen-bond donors (Lipinski definition) is 0. The predicted octanol–water partition coefficient (Wildman–Crippen LogP) is 4.44. The van der Waals surface area contributed by atoms with Crippen molar-refractivity contribution in [3.05, 3.63) is 0 Å². The van der Waals surface area contributed by atoms with E-state index in [2.05, 4.69) is 52.6 Å². The molecule has 2 nitrogen and oxygen atoms in total. The van der Waals surface area contributed by atoms with E-state index in [0.29, 0.717) is 6.61 Å². The van der Waals surface area contributed by atoms with Gasteiger partial charge < -0.3 is 4.74 Å². The first kappa shape index (κ1) is 16.4. The lowest BCUT2D eigenvalue weighted by molar-refractivity contribution is -0.141. The summed E-state index contributed by atoms with van der Waals surface area (Å²) in [5, 5.41) is 0. The van der Waals surface area contributed by atoms with Gasteiger partial charge in [0.1, 0.15) is 0 Å². The quantitative estimate of drug-likeness (QED) is 0.497. The van der Waals surface area contributed by atoms with Crippen molar-refractivity contribution in [3.8, 4) is 0 Å². The van der Waals surface area contributed by atoms with Gasteiger partial charge in [-0.05, 0) is 26.2 Å². The Bertz CT molecular complexity index is 220. The molecule has 1 unspecified atom stereocenters. The van der Waals surface area contributed by atoms with Gasteiger partial charge in [-0.1, -0.05) is 52.1 Å². The fourth-order valence-electron chi connectivity index (χ4n) is 1.41. The van der Waals surface area contributed by atoms with E-state index in [1.807, 2.05) is 0 Å². The highest BCUT2D eigenvalue weighted by atomic mass is 79.9. The third-order valence-corrected chi connectivity index (χ3v) is 3.59. The number of halogens is 2. The standard InChI is InChI=1S/C12H22Br2O2/c1-10(15)16-9-8-12(4,14)7-5-6-11(2,3)13/h5-9H2,1-4H3. The number of carbonyl (C=O) groups excluding carboxylic acids is 1. The van der Waals surface area contributed by atoms with Crippen LogP contribution in [0.3, 0.4) is 0 Å². The Kier molecular flexibility index (Phi) is 7.18. The lowest BCUT2D eigenvalue weighted by atomic mass is 9.97. The number of ether oxygens (including phenoxy) is 1. The molecule has 96 valence electrons. The Morgan fingerprint density at radius 3 is 2.12 bits per heavy atom. The number of carbonyl (C=O) groups is 1. The van der Waals surface area contributed by atoms with Crippen molar-refractivity contribution >= 4 is 37.8 Å². The lowest BCUT2D eigenvalue weighted by Crippen LogP contribution is -2.20. The van der Waals surface area contributed by atoms with Crippen molar-refractivity contribution in [2.24, 2.45) is 0 Å². The van der Waals surface area contributed by atoms with Crippen LogP contribution in [0, 0.1) is 0 Å². The summed E-state index contributed by atoms with van der Waals surface area (Å²) < 4.78 is 5.23. The molecule has 0 rings (SSSR count). The van der Waals surface area contributed by atoms with E-state index in [9.17, 15) is 4.79 Å². The lowest BCUT2D eigenvalue weighted by Gasteiger charge is -2.24. The second-order valence-corrected chi connectivity index (χ2v) is 9.14. The van der Waals surface area contributed by atoms with Gasteiger partial charge in [-0.15, -0.1) is 0 Å². The fourth-order valence-corrected chi connectivity index (χ4v) is 2.13. The van der Waals surface area contributed by atoms with Crippen LogP contribution in [-0.4, -0.2) is 21.2 Å². The highest BCUT2D eigenvalue weighted by Gasteiger charge is 2.22. The summed E-state index contributed by atoms with van der Waals surface area (Å²) in [6.07, 6.45) is 4.24.